The van der Waals surface area contributed by atoms with E-state index >= 15 is 0 Å². The Labute approximate surface area is 114 Å². The highest BCUT2D eigenvalue weighted by atomic mass is 35.5. The first kappa shape index (κ1) is 13.0. The molecule has 1 aromatic carbocycles. The molecule has 0 unspecified atom stereocenters. The zero-order valence-corrected chi connectivity index (χ0v) is 11.2. The lowest BCUT2D eigenvalue weighted by Crippen LogP contribution is -2.56. The molecule has 1 amide bonds. The third-order valence-corrected chi connectivity index (χ3v) is 3.76. The molecule has 92 valence electrons. The van der Waals surface area contributed by atoms with Gasteiger partial charge in [0, 0.05) is 5.02 Å². The Balaban J connectivity index is 2.21. The maximum absolute atomic E-state index is 11.9. The van der Waals surface area contributed by atoms with Gasteiger partial charge in [-0.25, -0.2) is 0 Å². The fraction of sp³-hybridized carbons (Fsp3) is 0.364. The first-order valence-electron chi connectivity index (χ1n) is 5.17. The van der Waals surface area contributed by atoms with Crippen molar-refractivity contribution in [3.8, 4) is 0 Å². The van der Waals surface area contributed by atoms with Crippen LogP contribution in [0.4, 0.5) is 5.69 Å². The predicted molar refractivity (Wildman–Crippen MR) is 70.9 cm³/mol. The number of hydrogen-bond donors (Lipinski definition) is 2. The van der Waals surface area contributed by atoms with Crippen LogP contribution in [0, 0.1) is 0 Å². The van der Waals surface area contributed by atoms with Crippen molar-refractivity contribution in [2.24, 2.45) is 5.73 Å². The number of anilines is 1. The van der Waals surface area contributed by atoms with E-state index in [4.69, 9.17) is 40.5 Å². The molecular formula is C11H11Cl3N2O. The SMILES string of the molecule is NC1(C(=O)Nc2c(Cl)cc(Cl)cc2Cl)CCC1. The largest absolute Gasteiger partial charge is 0.322 e. The van der Waals surface area contributed by atoms with Gasteiger partial charge in [-0.1, -0.05) is 34.8 Å². The van der Waals surface area contributed by atoms with Crippen LogP contribution < -0.4 is 11.1 Å². The van der Waals surface area contributed by atoms with Crippen LogP contribution in [-0.4, -0.2) is 11.4 Å². The molecule has 1 aliphatic carbocycles. The molecule has 0 aliphatic heterocycles. The summed E-state index contributed by atoms with van der Waals surface area (Å²) in [5, 5.41) is 3.69. The molecule has 1 aromatic rings. The van der Waals surface area contributed by atoms with Gasteiger partial charge in [0.1, 0.15) is 0 Å². The van der Waals surface area contributed by atoms with Gasteiger partial charge in [-0.3, -0.25) is 4.79 Å². The zero-order chi connectivity index (χ0) is 12.6. The summed E-state index contributed by atoms with van der Waals surface area (Å²) in [4.78, 5) is 11.9. The summed E-state index contributed by atoms with van der Waals surface area (Å²) in [6.07, 6.45) is 2.33. The number of amides is 1. The highest BCUT2D eigenvalue weighted by molar-refractivity contribution is 6.42. The number of halogens is 3. The van der Waals surface area contributed by atoms with Crippen LogP contribution in [0.1, 0.15) is 19.3 Å². The van der Waals surface area contributed by atoms with E-state index in [2.05, 4.69) is 5.32 Å². The van der Waals surface area contributed by atoms with Crippen molar-refractivity contribution in [2.75, 3.05) is 5.32 Å². The zero-order valence-electron chi connectivity index (χ0n) is 8.90. The van der Waals surface area contributed by atoms with Crippen molar-refractivity contribution in [3.05, 3.63) is 27.2 Å². The minimum Gasteiger partial charge on any atom is -0.322 e. The van der Waals surface area contributed by atoms with E-state index in [1.807, 2.05) is 0 Å². The van der Waals surface area contributed by atoms with Crippen molar-refractivity contribution in [1.29, 1.82) is 0 Å². The van der Waals surface area contributed by atoms with Crippen molar-refractivity contribution in [3.63, 3.8) is 0 Å². The van der Waals surface area contributed by atoms with E-state index in [0.717, 1.165) is 6.42 Å². The normalized spacial score (nSPS) is 17.4. The van der Waals surface area contributed by atoms with Gasteiger partial charge in [0.25, 0.3) is 0 Å². The first-order chi connectivity index (χ1) is 7.92. The maximum atomic E-state index is 11.9. The standard InChI is InChI=1S/C11H11Cl3N2O/c12-6-4-7(13)9(8(14)5-6)16-10(17)11(15)2-1-3-11/h4-5H,1-3,15H2,(H,16,17). The Morgan fingerprint density at radius 3 is 2.18 bits per heavy atom. The van der Waals surface area contributed by atoms with E-state index in [9.17, 15) is 4.79 Å². The molecule has 6 heteroatoms. The molecule has 0 heterocycles. The second kappa shape index (κ2) is 4.65. The van der Waals surface area contributed by atoms with Gasteiger partial charge in [0.15, 0.2) is 0 Å². The van der Waals surface area contributed by atoms with Gasteiger partial charge in [0.05, 0.1) is 21.3 Å². The molecular weight excluding hydrogens is 282 g/mol. The van der Waals surface area contributed by atoms with E-state index in [0.29, 0.717) is 33.6 Å². The fourth-order valence-corrected chi connectivity index (χ4v) is 2.60. The van der Waals surface area contributed by atoms with Gasteiger partial charge in [-0.05, 0) is 31.4 Å². The number of carbonyl (C=O) groups is 1. The summed E-state index contributed by atoms with van der Waals surface area (Å²) < 4.78 is 0. The van der Waals surface area contributed by atoms with Gasteiger partial charge < -0.3 is 11.1 Å². The number of benzene rings is 1. The molecule has 0 saturated heterocycles. The van der Waals surface area contributed by atoms with Gasteiger partial charge in [-0.15, -0.1) is 0 Å². The Hall–Kier alpha value is -0.480. The second-order valence-electron chi connectivity index (χ2n) is 4.21. The second-order valence-corrected chi connectivity index (χ2v) is 5.46. The smallest absolute Gasteiger partial charge is 0.244 e. The summed E-state index contributed by atoms with van der Waals surface area (Å²) in [5.41, 5.74) is 5.48. The fourth-order valence-electron chi connectivity index (χ4n) is 1.68. The summed E-state index contributed by atoms with van der Waals surface area (Å²) in [6.45, 7) is 0. The molecule has 0 spiro atoms. The number of nitrogens with two attached hydrogens (primary N) is 1. The number of carbonyl (C=O) groups excluding carboxylic acids is 1. The monoisotopic (exact) mass is 292 g/mol. The van der Waals surface area contributed by atoms with Crippen LogP contribution in [0.3, 0.4) is 0 Å². The molecule has 3 N–H and O–H groups in total. The van der Waals surface area contributed by atoms with Crippen LogP contribution in [-0.2, 0) is 4.79 Å². The minimum atomic E-state index is -0.785. The molecule has 1 saturated carbocycles. The van der Waals surface area contributed by atoms with E-state index in [1.165, 1.54) is 12.1 Å². The lowest BCUT2D eigenvalue weighted by molar-refractivity contribution is -0.123. The van der Waals surface area contributed by atoms with E-state index in [-0.39, 0.29) is 5.91 Å². The van der Waals surface area contributed by atoms with Crippen molar-refractivity contribution in [1.82, 2.24) is 0 Å². The number of rotatable bonds is 2. The van der Waals surface area contributed by atoms with Crippen molar-refractivity contribution in [2.45, 2.75) is 24.8 Å². The van der Waals surface area contributed by atoms with Gasteiger partial charge >= 0.3 is 0 Å². The molecule has 17 heavy (non-hydrogen) atoms. The van der Waals surface area contributed by atoms with Gasteiger partial charge in [0.2, 0.25) is 5.91 Å². The lowest BCUT2D eigenvalue weighted by Gasteiger charge is -2.36. The quantitative estimate of drug-likeness (QED) is 0.877. The molecule has 0 radical (unpaired) electrons. The average Bonchev–Trinajstić information content (AvgIpc) is 2.19. The highest BCUT2D eigenvalue weighted by Gasteiger charge is 2.40. The Bertz CT molecular complexity index is 449. The van der Waals surface area contributed by atoms with Crippen LogP contribution in [0.5, 0.6) is 0 Å². The Morgan fingerprint density at radius 2 is 1.76 bits per heavy atom. The Morgan fingerprint density at radius 1 is 1.24 bits per heavy atom. The van der Waals surface area contributed by atoms with Crippen molar-refractivity contribution >= 4 is 46.4 Å². The molecule has 0 bridgehead atoms. The summed E-state index contributed by atoms with van der Waals surface area (Å²) in [6, 6.07) is 3.04. The summed E-state index contributed by atoms with van der Waals surface area (Å²) >= 11 is 17.7. The Kier molecular flexibility index (Phi) is 3.55. The van der Waals surface area contributed by atoms with Crippen LogP contribution >= 0.6 is 34.8 Å². The lowest BCUT2D eigenvalue weighted by atomic mass is 9.77. The van der Waals surface area contributed by atoms with Gasteiger partial charge in [-0.2, -0.15) is 0 Å². The molecule has 1 aliphatic rings. The van der Waals surface area contributed by atoms with Crippen LogP contribution in [0.15, 0.2) is 12.1 Å². The van der Waals surface area contributed by atoms with Crippen LogP contribution in [0.2, 0.25) is 15.1 Å². The van der Waals surface area contributed by atoms with E-state index in [1.54, 1.807) is 0 Å². The molecule has 3 nitrogen and oxygen atoms in total. The topological polar surface area (TPSA) is 55.1 Å². The predicted octanol–water partition coefficient (Wildman–Crippen LogP) is 3.47. The third kappa shape index (κ3) is 2.52. The molecule has 0 atom stereocenters. The third-order valence-electron chi connectivity index (χ3n) is 2.94. The average molecular weight is 294 g/mol. The van der Waals surface area contributed by atoms with Crippen molar-refractivity contribution < 1.29 is 4.79 Å². The minimum absolute atomic E-state index is 0.255. The molecule has 2 rings (SSSR count). The number of hydrogen-bond acceptors (Lipinski definition) is 2. The molecule has 1 fully saturated rings. The van der Waals surface area contributed by atoms with E-state index < -0.39 is 5.54 Å². The maximum Gasteiger partial charge on any atom is 0.244 e. The summed E-state index contributed by atoms with van der Waals surface area (Å²) in [5.74, 6) is -0.255. The summed E-state index contributed by atoms with van der Waals surface area (Å²) in [7, 11) is 0. The van der Waals surface area contributed by atoms with Crippen LogP contribution in [0.25, 0.3) is 0 Å². The number of nitrogens with one attached hydrogen (secondary N) is 1. The molecule has 0 aromatic heterocycles. The highest BCUT2D eigenvalue weighted by Crippen LogP contribution is 2.36. The first-order valence-corrected chi connectivity index (χ1v) is 6.31.